The lowest BCUT2D eigenvalue weighted by atomic mass is 10.2. The molecule has 1 N–H and O–H groups in total. The third-order valence-electron chi connectivity index (χ3n) is 2.26. The van der Waals surface area contributed by atoms with Gasteiger partial charge in [-0.3, -0.25) is 0 Å². The third-order valence-corrected chi connectivity index (χ3v) is 2.26. The predicted molar refractivity (Wildman–Crippen MR) is 66.9 cm³/mol. The van der Waals surface area contributed by atoms with E-state index < -0.39 is 0 Å². The Kier molecular flexibility index (Phi) is 3.52. The van der Waals surface area contributed by atoms with Crippen LogP contribution in [0.3, 0.4) is 0 Å². The monoisotopic (exact) mass is 238 g/mol. The zero-order chi connectivity index (χ0) is 12.8. The molecule has 2 aromatic carbocycles. The number of benzene rings is 2. The van der Waals surface area contributed by atoms with Crippen LogP contribution in [0.1, 0.15) is 5.56 Å². The lowest BCUT2D eigenvalue weighted by Crippen LogP contribution is -1.97. The van der Waals surface area contributed by atoms with E-state index in [-0.39, 0.29) is 0 Å². The highest BCUT2D eigenvalue weighted by atomic mass is 16.5. The van der Waals surface area contributed by atoms with Crippen LogP contribution in [0.5, 0.6) is 0 Å². The number of nitriles is 1. The Balaban J connectivity index is 2.08. The van der Waals surface area contributed by atoms with Gasteiger partial charge in [-0.15, -0.1) is 10.3 Å². The fourth-order valence-corrected chi connectivity index (χ4v) is 1.34. The van der Waals surface area contributed by atoms with E-state index in [1.807, 2.05) is 12.1 Å². The van der Waals surface area contributed by atoms with E-state index in [0.29, 0.717) is 21.8 Å². The Morgan fingerprint density at radius 3 is 2.33 bits per heavy atom. The normalized spacial score (nSPS) is 10.7. The van der Waals surface area contributed by atoms with Crippen LogP contribution in [0, 0.1) is 16.5 Å². The Morgan fingerprint density at radius 1 is 1.06 bits per heavy atom. The van der Waals surface area contributed by atoms with Gasteiger partial charge in [-0.1, -0.05) is 18.2 Å². The maximum absolute atomic E-state index is 11.6. The van der Waals surface area contributed by atoms with Crippen LogP contribution in [0.25, 0.3) is 0 Å². The minimum Gasteiger partial charge on any atom is -0.691 e. The molecule has 0 aliphatic heterocycles. The van der Waals surface area contributed by atoms with E-state index in [0.717, 1.165) is 0 Å². The number of nitrogens with one attached hydrogen (secondary N) is 1. The standard InChI is InChI=1S/C13H10N4O/c14-10-11-6-8-12(9-7-11)15-16-17(18)13-4-2-1-3-5-13/h1-9,15H/b17-16+. The molecule has 0 amide bonds. The minimum absolute atomic E-state index is 0.443. The Bertz CT molecular complexity index is 585. The molecule has 2 aromatic rings. The molecule has 5 heteroatoms. The van der Waals surface area contributed by atoms with Gasteiger partial charge in [-0.2, -0.15) is 5.26 Å². The quantitative estimate of drug-likeness (QED) is 0.507. The molecular formula is C13H10N4O. The highest BCUT2D eigenvalue weighted by molar-refractivity contribution is 5.46. The maximum Gasteiger partial charge on any atom is 0.154 e. The predicted octanol–water partition coefficient (Wildman–Crippen LogP) is 3.18. The smallest absolute Gasteiger partial charge is 0.154 e. The molecule has 0 saturated heterocycles. The van der Waals surface area contributed by atoms with Crippen molar-refractivity contribution < 1.29 is 4.86 Å². The fraction of sp³-hybridized carbons (Fsp3) is 0. The topological polar surface area (TPSA) is 74.2 Å². The Morgan fingerprint density at radius 2 is 1.72 bits per heavy atom. The van der Waals surface area contributed by atoms with Crippen molar-refractivity contribution in [2.45, 2.75) is 0 Å². The van der Waals surface area contributed by atoms with Crippen molar-refractivity contribution in [3.8, 4) is 6.07 Å². The van der Waals surface area contributed by atoms with Gasteiger partial charge >= 0.3 is 0 Å². The summed E-state index contributed by atoms with van der Waals surface area (Å²) in [5.74, 6) is 0. The molecule has 0 aliphatic rings. The second kappa shape index (κ2) is 5.46. The number of hydrogen-bond acceptors (Lipinski definition) is 3. The summed E-state index contributed by atoms with van der Waals surface area (Å²) in [6.07, 6.45) is 0. The van der Waals surface area contributed by atoms with E-state index in [4.69, 9.17) is 5.26 Å². The van der Waals surface area contributed by atoms with Crippen molar-refractivity contribution in [1.82, 2.24) is 0 Å². The summed E-state index contributed by atoms with van der Waals surface area (Å²) < 4.78 is 0. The Labute approximate surface area is 104 Å². The van der Waals surface area contributed by atoms with Crippen LogP contribution in [0.15, 0.2) is 59.8 Å². The van der Waals surface area contributed by atoms with Gasteiger partial charge < -0.3 is 5.21 Å². The number of nitrogens with zero attached hydrogens (tertiary/aromatic N) is 3. The second-order valence-electron chi connectivity index (χ2n) is 3.51. The van der Waals surface area contributed by atoms with Crippen LogP contribution in [0.4, 0.5) is 11.4 Å². The molecule has 0 bridgehead atoms. The Hall–Kier alpha value is -2.87. The molecule has 0 aromatic heterocycles. The van der Waals surface area contributed by atoms with E-state index in [1.165, 1.54) is 0 Å². The van der Waals surface area contributed by atoms with Gasteiger partial charge in [0.05, 0.1) is 16.9 Å². The minimum atomic E-state index is 0.443. The summed E-state index contributed by atoms with van der Waals surface area (Å²) in [5.41, 5.74) is 4.27. The molecule has 18 heavy (non-hydrogen) atoms. The van der Waals surface area contributed by atoms with Gasteiger partial charge in [-0.25, -0.2) is 0 Å². The highest BCUT2D eigenvalue weighted by Gasteiger charge is 1.98. The average Bonchev–Trinajstić information content (AvgIpc) is 2.46. The summed E-state index contributed by atoms with van der Waals surface area (Å²) >= 11 is 0. The first-order valence-electron chi connectivity index (χ1n) is 5.29. The second-order valence-corrected chi connectivity index (χ2v) is 3.51. The van der Waals surface area contributed by atoms with E-state index in [2.05, 4.69) is 10.6 Å². The lowest BCUT2D eigenvalue weighted by Gasteiger charge is -2.04. The highest BCUT2D eigenvalue weighted by Crippen LogP contribution is 2.12. The first kappa shape index (κ1) is 11.6. The van der Waals surface area contributed by atoms with Gasteiger partial charge in [0, 0.05) is 0 Å². The van der Waals surface area contributed by atoms with Crippen LogP contribution in [-0.4, -0.2) is 4.86 Å². The van der Waals surface area contributed by atoms with Crippen LogP contribution in [0.2, 0.25) is 0 Å². The van der Waals surface area contributed by atoms with Crippen LogP contribution < -0.4 is 5.43 Å². The molecule has 0 saturated carbocycles. The SMILES string of the molecule is N#Cc1ccc(N/N=[N+](/[O-])c2ccccc2)cc1. The first-order chi connectivity index (χ1) is 8.79. The number of para-hydroxylation sites is 1. The molecule has 0 atom stereocenters. The van der Waals surface area contributed by atoms with Gasteiger partial charge in [0.15, 0.2) is 5.69 Å². The molecular weight excluding hydrogens is 228 g/mol. The van der Waals surface area contributed by atoms with Crippen molar-refractivity contribution in [2.24, 2.45) is 5.22 Å². The molecule has 0 unspecified atom stereocenters. The summed E-state index contributed by atoms with van der Waals surface area (Å²) in [6.45, 7) is 0. The maximum atomic E-state index is 11.6. The van der Waals surface area contributed by atoms with Gasteiger partial charge in [0.25, 0.3) is 0 Å². The number of hydrogen-bond donors (Lipinski definition) is 1. The zero-order valence-electron chi connectivity index (χ0n) is 9.45. The van der Waals surface area contributed by atoms with E-state index in [1.54, 1.807) is 48.5 Å². The van der Waals surface area contributed by atoms with Gasteiger partial charge in [0.2, 0.25) is 0 Å². The first-order valence-corrected chi connectivity index (χ1v) is 5.29. The van der Waals surface area contributed by atoms with Crippen molar-refractivity contribution in [3.63, 3.8) is 0 Å². The van der Waals surface area contributed by atoms with Gasteiger partial charge in [-0.05, 0) is 36.4 Å². The molecule has 0 radical (unpaired) electrons. The third kappa shape index (κ3) is 2.83. The number of rotatable bonds is 3. The molecule has 0 heterocycles. The summed E-state index contributed by atoms with van der Waals surface area (Å²) in [7, 11) is 0. The summed E-state index contributed by atoms with van der Waals surface area (Å²) in [5, 5.41) is 23.9. The summed E-state index contributed by atoms with van der Waals surface area (Å²) in [6, 6.07) is 17.3. The lowest BCUT2D eigenvalue weighted by molar-refractivity contribution is -0.439. The molecule has 0 spiro atoms. The van der Waals surface area contributed by atoms with Crippen molar-refractivity contribution in [2.75, 3.05) is 5.43 Å². The van der Waals surface area contributed by atoms with E-state index in [9.17, 15) is 5.21 Å². The fourth-order valence-electron chi connectivity index (χ4n) is 1.34. The van der Waals surface area contributed by atoms with Crippen molar-refractivity contribution >= 4 is 11.4 Å². The molecule has 0 fully saturated rings. The van der Waals surface area contributed by atoms with Crippen LogP contribution in [-0.2, 0) is 0 Å². The number of anilines is 1. The zero-order valence-corrected chi connectivity index (χ0v) is 9.45. The summed E-state index contributed by atoms with van der Waals surface area (Å²) in [4.78, 5) is 0.498. The molecule has 0 aliphatic carbocycles. The van der Waals surface area contributed by atoms with E-state index >= 15 is 0 Å². The van der Waals surface area contributed by atoms with Crippen molar-refractivity contribution in [3.05, 3.63) is 65.4 Å². The molecule has 2 rings (SSSR count). The average molecular weight is 238 g/mol. The van der Waals surface area contributed by atoms with Gasteiger partial charge in [0.1, 0.15) is 5.69 Å². The largest absolute Gasteiger partial charge is 0.691 e. The van der Waals surface area contributed by atoms with Crippen molar-refractivity contribution in [1.29, 1.82) is 5.26 Å². The molecule has 5 nitrogen and oxygen atoms in total. The van der Waals surface area contributed by atoms with Crippen LogP contribution >= 0.6 is 0 Å². The molecule has 88 valence electrons.